The molecule has 100 valence electrons. The van der Waals surface area contributed by atoms with Gasteiger partial charge in [0.05, 0.1) is 10.6 Å². The van der Waals surface area contributed by atoms with E-state index in [1.807, 2.05) is 0 Å². The summed E-state index contributed by atoms with van der Waals surface area (Å²) in [6, 6.07) is 8.95. The van der Waals surface area contributed by atoms with Crippen LogP contribution >= 0.6 is 27.5 Å². The van der Waals surface area contributed by atoms with Crippen molar-refractivity contribution in [3.8, 4) is 0 Å². The third-order valence-corrected chi connectivity index (χ3v) is 3.66. The summed E-state index contributed by atoms with van der Waals surface area (Å²) in [7, 11) is 0. The molecule has 1 nitrogen and oxygen atoms in total. The van der Waals surface area contributed by atoms with E-state index >= 15 is 0 Å². The first-order valence-corrected chi connectivity index (χ1v) is 6.72. The van der Waals surface area contributed by atoms with E-state index in [4.69, 9.17) is 11.6 Å². The molecule has 0 spiro atoms. The van der Waals surface area contributed by atoms with Crippen LogP contribution in [0.1, 0.15) is 17.2 Å². The molecule has 0 amide bonds. The lowest BCUT2D eigenvalue weighted by atomic mass is 10.0. The molecule has 0 radical (unpaired) electrons. The molecule has 1 N–H and O–H groups in total. The van der Waals surface area contributed by atoms with E-state index in [1.165, 1.54) is 6.07 Å². The third kappa shape index (κ3) is 3.32. The highest BCUT2D eigenvalue weighted by molar-refractivity contribution is 9.10. The molecule has 19 heavy (non-hydrogen) atoms. The third-order valence-electron chi connectivity index (χ3n) is 2.79. The molecule has 0 saturated heterocycles. The highest BCUT2D eigenvalue weighted by Gasteiger charge is 2.17. The first-order valence-electron chi connectivity index (χ1n) is 5.55. The molecule has 2 aromatic rings. The van der Waals surface area contributed by atoms with Crippen LogP contribution in [-0.2, 0) is 6.42 Å². The summed E-state index contributed by atoms with van der Waals surface area (Å²) in [5.74, 6) is -1.36. The van der Waals surface area contributed by atoms with Crippen molar-refractivity contribution in [3.05, 3.63) is 68.7 Å². The van der Waals surface area contributed by atoms with Gasteiger partial charge in [0.2, 0.25) is 0 Å². The molecular formula is C14H10BrClF2O. The number of halogens is 4. The second-order valence-electron chi connectivity index (χ2n) is 4.09. The Labute approximate surface area is 123 Å². The monoisotopic (exact) mass is 346 g/mol. The minimum atomic E-state index is -0.990. The summed E-state index contributed by atoms with van der Waals surface area (Å²) in [5, 5.41) is 10.6. The second-order valence-corrected chi connectivity index (χ2v) is 5.38. The van der Waals surface area contributed by atoms with Gasteiger partial charge in [0.15, 0.2) is 0 Å². The van der Waals surface area contributed by atoms with E-state index in [-0.39, 0.29) is 16.5 Å². The molecule has 2 rings (SSSR count). The zero-order valence-electron chi connectivity index (χ0n) is 9.71. The van der Waals surface area contributed by atoms with E-state index in [0.717, 1.165) is 6.07 Å². The van der Waals surface area contributed by atoms with Crippen LogP contribution in [0.4, 0.5) is 8.78 Å². The van der Waals surface area contributed by atoms with Crippen molar-refractivity contribution in [2.45, 2.75) is 12.5 Å². The van der Waals surface area contributed by atoms with Gasteiger partial charge in [-0.25, -0.2) is 8.78 Å². The van der Waals surface area contributed by atoms with Crippen LogP contribution in [0.2, 0.25) is 5.02 Å². The Kier molecular flexibility index (Phi) is 4.55. The minimum absolute atomic E-state index is 0.140. The number of hydrogen-bond acceptors (Lipinski definition) is 1. The van der Waals surface area contributed by atoms with Gasteiger partial charge in [-0.3, -0.25) is 0 Å². The van der Waals surface area contributed by atoms with E-state index in [2.05, 4.69) is 15.9 Å². The minimum Gasteiger partial charge on any atom is -0.388 e. The van der Waals surface area contributed by atoms with Gasteiger partial charge in [-0.2, -0.15) is 0 Å². The Hall–Kier alpha value is -0.970. The molecule has 2 aromatic carbocycles. The Morgan fingerprint density at radius 2 is 1.74 bits per heavy atom. The lowest BCUT2D eigenvalue weighted by Gasteiger charge is -2.13. The normalized spacial score (nSPS) is 12.5. The Bertz CT molecular complexity index is 587. The lowest BCUT2D eigenvalue weighted by Crippen LogP contribution is -2.06. The molecule has 1 atom stereocenters. The average molecular weight is 348 g/mol. The first kappa shape index (κ1) is 14.4. The fourth-order valence-corrected chi connectivity index (χ4v) is 2.25. The van der Waals surface area contributed by atoms with Gasteiger partial charge in [0, 0.05) is 17.0 Å². The van der Waals surface area contributed by atoms with E-state index in [0.29, 0.717) is 10.6 Å². The summed E-state index contributed by atoms with van der Waals surface area (Å²) in [5.41, 5.74) is 0.417. The molecule has 5 heteroatoms. The maximum absolute atomic E-state index is 13.8. The summed E-state index contributed by atoms with van der Waals surface area (Å²) in [6.45, 7) is 0. The smallest absolute Gasteiger partial charge is 0.143 e. The van der Waals surface area contributed by atoms with Gasteiger partial charge in [0.25, 0.3) is 0 Å². The number of hydrogen-bond donors (Lipinski definition) is 1. The van der Waals surface area contributed by atoms with Gasteiger partial charge in [0.1, 0.15) is 11.6 Å². The summed E-state index contributed by atoms with van der Waals surface area (Å²) in [4.78, 5) is 0. The summed E-state index contributed by atoms with van der Waals surface area (Å²) in [6.07, 6.45) is -1.13. The summed E-state index contributed by atoms with van der Waals surface area (Å²) < 4.78 is 27.5. The molecule has 0 heterocycles. The summed E-state index contributed by atoms with van der Waals surface area (Å²) >= 11 is 8.74. The van der Waals surface area contributed by atoms with Crippen molar-refractivity contribution in [1.29, 1.82) is 0 Å². The SMILES string of the molecule is OC(Cc1c(F)ccc(Br)c1F)c1ccc(Cl)cc1. The largest absolute Gasteiger partial charge is 0.388 e. The van der Waals surface area contributed by atoms with Crippen molar-refractivity contribution in [2.24, 2.45) is 0 Å². The van der Waals surface area contributed by atoms with Crippen LogP contribution in [0.25, 0.3) is 0 Å². The topological polar surface area (TPSA) is 20.2 Å². The van der Waals surface area contributed by atoms with Gasteiger partial charge in [-0.05, 0) is 45.8 Å². The molecule has 0 fully saturated rings. The Morgan fingerprint density at radius 3 is 2.37 bits per heavy atom. The Morgan fingerprint density at radius 1 is 1.11 bits per heavy atom. The van der Waals surface area contributed by atoms with Crippen LogP contribution in [0, 0.1) is 11.6 Å². The molecule has 0 aliphatic rings. The van der Waals surface area contributed by atoms with E-state index < -0.39 is 17.7 Å². The number of aliphatic hydroxyl groups is 1. The molecule has 1 unspecified atom stereocenters. The zero-order valence-corrected chi connectivity index (χ0v) is 12.0. The van der Waals surface area contributed by atoms with Crippen molar-refractivity contribution in [1.82, 2.24) is 0 Å². The van der Waals surface area contributed by atoms with Crippen LogP contribution in [-0.4, -0.2) is 5.11 Å². The average Bonchev–Trinajstić information content (AvgIpc) is 2.40. The maximum atomic E-state index is 13.8. The fourth-order valence-electron chi connectivity index (χ4n) is 1.75. The van der Waals surface area contributed by atoms with Crippen molar-refractivity contribution < 1.29 is 13.9 Å². The van der Waals surface area contributed by atoms with Gasteiger partial charge in [-0.1, -0.05) is 23.7 Å². The Balaban J connectivity index is 2.26. The lowest BCUT2D eigenvalue weighted by molar-refractivity contribution is 0.175. The van der Waals surface area contributed by atoms with Gasteiger partial charge < -0.3 is 5.11 Å². The van der Waals surface area contributed by atoms with Crippen molar-refractivity contribution in [2.75, 3.05) is 0 Å². The predicted molar refractivity (Wildman–Crippen MR) is 74.2 cm³/mol. The molecule has 0 bridgehead atoms. The molecule has 0 aliphatic carbocycles. The highest BCUT2D eigenvalue weighted by atomic mass is 79.9. The molecule has 0 saturated carbocycles. The highest BCUT2D eigenvalue weighted by Crippen LogP contribution is 2.27. The van der Waals surface area contributed by atoms with E-state index in [9.17, 15) is 13.9 Å². The quantitative estimate of drug-likeness (QED) is 0.801. The molecule has 0 aliphatic heterocycles. The number of aliphatic hydroxyl groups excluding tert-OH is 1. The zero-order chi connectivity index (χ0) is 14.0. The number of rotatable bonds is 3. The van der Waals surface area contributed by atoms with E-state index in [1.54, 1.807) is 24.3 Å². The van der Waals surface area contributed by atoms with Crippen molar-refractivity contribution in [3.63, 3.8) is 0 Å². The van der Waals surface area contributed by atoms with Gasteiger partial charge in [-0.15, -0.1) is 0 Å². The fraction of sp³-hybridized carbons (Fsp3) is 0.143. The standard InChI is InChI=1S/C14H10BrClF2O/c15-11-5-6-12(17)10(14(11)18)7-13(19)8-1-3-9(16)4-2-8/h1-6,13,19H,7H2. The maximum Gasteiger partial charge on any atom is 0.143 e. The van der Waals surface area contributed by atoms with Crippen molar-refractivity contribution >= 4 is 27.5 Å². The number of benzene rings is 2. The molecular weight excluding hydrogens is 338 g/mol. The second kappa shape index (κ2) is 5.99. The van der Waals surface area contributed by atoms with Crippen LogP contribution in [0.3, 0.4) is 0 Å². The first-order chi connectivity index (χ1) is 8.99. The van der Waals surface area contributed by atoms with Crippen LogP contribution < -0.4 is 0 Å². The van der Waals surface area contributed by atoms with Crippen LogP contribution in [0.15, 0.2) is 40.9 Å². The molecule has 0 aromatic heterocycles. The predicted octanol–water partition coefficient (Wildman–Crippen LogP) is 4.66. The van der Waals surface area contributed by atoms with Crippen LogP contribution in [0.5, 0.6) is 0 Å². The van der Waals surface area contributed by atoms with Gasteiger partial charge >= 0.3 is 0 Å².